The average Bonchev–Trinajstić information content (AvgIpc) is 2.89. The van der Waals surface area contributed by atoms with Crippen molar-refractivity contribution in [2.45, 2.75) is 13.8 Å². The molecule has 1 radical (unpaired) electrons. The SMILES string of the molecule is Cc1ccc(C)c(-c2c3ccccc3c(-c3cc[c-]c(-c4ccccn4)c3)c3ccccc23)c1.[Ir]. The van der Waals surface area contributed by atoms with E-state index in [1.165, 1.54) is 54.9 Å². The summed E-state index contributed by atoms with van der Waals surface area (Å²) in [7, 11) is 0. The molecule has 1 heterocycles. The maximum Gasteiger partial charge on any atom is 0.0160 e. The van der Waals surface area contributed by atoms with Crippen LogP contribution in [0.25, 0.3) is 55.1 Å². The van der Waals surface area contributed by atoms with Crippen molar-refractivity contribution in [3.05, 3.63) is 127 Å². The van der Waals surface area contributed by atoms with E-state index in [2.05, 4.69) is 104 Å². The number of fused-ring (bicyclic) bond motifs is 2. The molecule has 2 heteroatoms. The molecule has 0 saturated heterocycles. The molecule has 0 unspecified atom stereocenters. The van der Waals surface area contributed by atoms with E-state index in [1.54, 1.807) is 0 Å². The van der Waals surface area contributed by atoms with Crippen LogP contribution in [0.4, 0.5) is 0 Å². The zero-order chi connectivity index (χ0) is 23.1. The fraction of sp³-hybridized carbons (Fsp3) is 0.0606. The molecular weight excluding hydrogens is 603 g/mol. The van der Waals surface area contributed by atoms with Gasteiger partial charge in [-0.25, -0.2) is 0 Å². The van der Waals surface area contributed by atoms with Crippen LogP contribution in [0.3, 0.4) is 0 Å². The minimum atomic E-state index is 0. The zero-order valence-corrected chi connectivity index (χ0v) is 22.1. The molecule has 6 rings (SSSR count). The second-order valence-corrected chi connectivity index (χ2v) is 8.87. The molecule has 0 N–H and O–H groups in total. The number of aryl methyl sites for hydroxylation is 2. The first-order valence-electron chi connectivity index (χ1n) is 11.7. The fourth-order valence-electron chi connectivity index (χ4n) is 5.03. The third kappa shape index (κ3) is 4.10. The number of benzene rings is 5. The number of pyridine rings is 1. The molecule has 5 aromatic carbocycles. The van der Waals surface area contributed by atoms with Crippen molar-refractivity contribution < 1.29 is 20.1 Å². The van der Waals surface area contributed by atoms with Crippen molar-refractivity contribution in [2.24, 2.45) is 0 Å². The van der Waals surface area contributed by atoms with Gasteiger partial charge in [-0.05, 0) is 69.4 Å². The number of nitrogens with zero attached hydrogens (tertiary/aromatic N) is 1. The molecule has 6 aromatic rings. The van der Waals surface area contributed by atoms with Gasteiger partial charge in [0, 0.05) is 26.3 Å². The molecule has 0 aliphatic heterocycles. The van der Waals surface area contributed by atoms with Crippen LogP contribution in [-0.4, -0.2) is 4.98 Å². The molecule has 0 fully saturated rings. The summed E-state index contributed by atoms with van der Waals surface area (Å²) >= 11 is 0. The third-order valence-corrected chi connectivity index (χ3v) is 6.62. The van der Waals surface area contributed by atoms with Crippen LogP contribution in [0, 0.1) is 19.9 Å². The summed E-state index contributed by atoms with van der Waals surface area (Å²) in [6.45, 7) is 4.37. The molecule has 0 saturated carbocycles. The zero-order valence-electron chi connectivity index (χ0n) is 19.7. The number of hydrogen-bond donors (Lipinski definition) is 0. The fourth-order valence-corrected chi connectivity index (χ4v) is 5.03. The van der Waals surface area contributed by atoms with E-state index in [0.29, 0.717) is 0 Å². The Morgan fingerprint density at radius 1 is 0.629 bits per heavy atom. The van der Waals surface area contributed by atoms with E-state index >= 15 is 0 Å². The van der Waals surface area contributed by atoms with Gasteiger partial charge in [0.15, 0.2) is 0 Å². The first kappa shape index (κ1) is 23.2. The van der Waals surface area contributed by atoms with Crippen molar-refractivity contribution in [3.8, 4) is 33.5 Å². The molecule has 1 nitrogen and oxygen atoms in total. The Bertz CT molecular complexity index is 1610. The first-order valence-corrected chi connectivity index (χ1v) is 11.7. The van der Waals surface area contributed by atoms with Gasteiger partial charge in [0.25, 0.3) is 0 Å². The predicted molar refractivity (Wildman–Crippen MR) is 144 cm³/mol. The van der Waals surface area contributed by atoms with E-state index < -0.39 is 0 Å². The molecular formula is C33H24IrN-. The standard InChI is InChI=1S/C33H24N.Ir/c1-22-17-18-23(2)30(20-22)33-28-14-5-3-12-26(28)32(27-13-4-6-15-29(27)33)25-11-9-10-24(21-25)31-16-7-8-19-34-31;/h3-9,11-21H,1-2H3;/q-1;. The van der Waals surface area contributed by atoms with Gasteiger partial charge in [0.05, 0.1) is 0 Å². The molecule has 0 spiro atoms. The van der Waals surface area contributed by atoms with E-state index in [-0.39, 0.29) is 20.1 Å². The minimum Gasteiger partial charge on any atom is -0.305 e. The van der Waals surface area contributed by atoms with E-state index in [1.807, 2.05) is 30.5 Å². The topological polar surface area (TPSA) is 12.9 Å². The van der Waals surface area contributed by atoms with E-state index in [9.17, 15) is 0 Å². The second-order valence-electron chi connectivity index (χ2n) is 8.87. The van der Waals surface area contributed by atoms with Gasteiger partial charge in [-0.3, -0.25) is 0 Å². The Morgan fingerprint density at radius 2 is 1.26 bits per heavy atom. The summed E-state index contributed by atoms with van der Waals surface area (Å²) in [6.07, 6.45) is 1.83. The maximum atomic E-state index is 4.55. The molecule has 0 atom stereocenters. The van der Waals surface area contributed by atoms with Gasteiger partial charge in [0.1, 0.15) is 0 Å². The van der Waals surface area contributed by atoms with E-state index in [4.69, 9.17) is 0 Å². The van der Waals surface area contributed by atoms with Gasteiger partial charge in [-0.2, -0.15) is 0 Å². The summed E-state index contributed by atoms with van der Waals surface area (Å²) in [5.74, 6) is 0. The first-order chi connectivity index (χ1) is 16.7. The average molecular weight is 627 g/mol. The Hall–Kier alpha value is -3.58. The Labute approximate surface area is 219 Å². The Kier molecular flexibility index (Phi) is 6.34. The smallest absolute Gasteiger partial charge is 0.0160 e. The van der Waals surface area contributed by atoms with Crippen molar-refractivity contribution in [1.29, 1.82) is 0 Å². The van der Waals surface area contributed by atoms with Gasteiger partial charge in [0.2, 0.25) is 0 Å². The molecule has 0 aliphatic rings. The van der Waals surface area contributed by atoms with Crippen LogP contribution in [0.15, 0.2) is 109 Å². The van der Waals surface area contributed by atoms with Crippen LogP contribution in [0.1, 0.15) is 11.1 Å². The monoisotopic (exact) mass is 627 g/mol. The van der Waals surface area contributed by atoms with Crippen LogP contribution in [0.2, 0.25) is 0 Å². The van der Waals surface area contributed by atoms with Gasteiger partial charge in [-0.15, -0.1) is 29.8 Å². The van der Waals surface area contributed by atoms with Crippen molar-refractivity contribution in [2.75, 3.05) is 0 Å². The second kappa shape index (κ2) is 9.58. The van der Waals surface area contributed by atoms with Crippen LogP contribution < -0.4 is 0 Å². The largest absolute Gasteiger partial charge is 0.305 e. The van der Waals surface area contributed by atoms with Gasteiger partial charge < -0.3 is 4.98 Å². The summed E-state index contributed by atoms with van der Waals surface area (Å²) < 4.78 is 0. The van der Waals surface area contributed by atoms with Crippen LogP contribution in [-0.2, 0) is 20.1 Å². The summed E-state index contributed by atoms with van der Waals surface area (Å²) in [4.78, 5) is 4.55. The quantitative estimate of drug-likeness (QED) is 0.141. The summed E-state index contributed by atoms with van der Waals surface area (Å²) in [6, 6.07) is 40.1. The number of hydrogen-bond acceptors (Lipinski definition) is 1. The Balaban J connectivity index is 0.00000253. The van der Waals surface area contributed by atoms with Crippen molar-refractivity contribution in [1.82, 2.24) is 4.98 Å². The van der Waals surface area contributed by atoms with Crippen LogP contribution in [0.5, 0.6) is 0 Å². The normalized spacial score (nSPS) is 10.9. The number of aromatic nitrogens is 1. The molecule has 1 aromatic heterocycles. The van der Waals surface area contributed by atoms with Crippen molar-refractivity contribution in [3.63, 3.8) is 0 Å². The molecule has 35 heavy (non-hydrogen) atoms. The maximum absolute atomic E-state index is 4.55. The third-order valence-electron chi connectivity index (χ3n) is 6.62. The molecule has 0 amide bonds. The predicted octanol–water partition coefficient (Wildman–Crippen LogP) is 8.80. The van der Waals surface area contributed by atoms with E-state index in [0.717, 1.165) is 11.3 Å². The molecule has 171 valence electrons. The van der Waals surface area contributed by atoms with Crippen molar-refractivity contribution >= 4 is 21.5 Å². The molecule has 0 bridgehead atoms. The summed E-state index contributed by atoms with van der Waals surface area (Å²) in [5.41, 5.74) is 9.55. The van der Waals surface area contributed by atoms with Crippen LogP contribution >= 0.6 is 0 Å². The summed E-state index contributed by atoms with van der Waals surface area (Å²) in [5, 5.41) is 5.07. The Morgan fingerprint density at radius 3 is 1.89 bits per heavy atom. The minimum absolute atomic E-state index is 0. The van der Waals surface area contributed by atoms with Gasteiger partial charge >= 0.3 is 0 Å². The van der Waals surface area contributed by atoms with Gasteiger partial charge in [-0.1, -0.05) is 90.0 Å². The number of rotatable bonds is 3. The molecule has 0 aliphatic carbocycles.